The van der Waals surface area contributed by atoms with Crippen LogP contribution in [0, 0.1) is 6.92 Å². The molecule has 0 unspecified atom stereocenters. The van der Waals surface area contributed by atoms with Crippen LogP contribution in [-0.4, -0.2) is 54.0 Å². The number of carbonyl (C=O) groups is 1. The molecule has 0 radical (unpaired) electrons. The molecular formula is C17H22N2O7S2. The van der Waals surface area contributed by atoms with E-state index >= 15 is 0 Å². The van der Waals surface area contributed by atoms with Crippen molar-refractivity contribution in [3.63, 3.8) is 0 Å². The van der Waals surface area contributed by atoms with E-state index in [4.69, 9.17) is 9.15 Å². The lowest BCUT2D eigenvalue weighted by Gasteiger charge is -2.23. The fourth-order valence-corrected chi connectivity index (χ4v) is 4.01. The quantitative estimate of drug-likeness (QED) is 0.581. The zero-order valence-corrected chi connectivity index (χ0v) is 17.6. The number of aryl methyl sites for hydroxylation is 1. The number of nitrogens with zero attached hydrogens (tertiary/aromatic N) is 2. The van der Waals surface area contributed by atoms with E-state index < -0.39 is 32.6 Å². The van der Waals surface area contributed by atoms with Crippen LogP contribution in [0.25, 0.3) is 0 Å². The number of esters is 1. The molecule has 0 spiro atoms. The summed E-state index contributed by atoms with van der Waals surface area (Å²) in [5.41, 5.74) is 1.06. The summed E-state index contributed by atoms with van der Waals surface area (Å²) in [6.45, 7) is 0.884. The predicted molar refractivity (Wildman–Crippen MR) is 103 cm³/mol. The second kappa shape index (κ2) is 8.33. The molecule has 0 aliphatic rings. The first kappa shape index (κ1) is 21.9. The number of sulfonamides is 2. The summed E-state index contributed by atoms with van der Waals surface area (Å²) < 4.78 is 60.4. The fourth-order valence-electron chi connectivity index (χ4n) is 2.29. The maximum absolute atomic E-state index is 12.2. The Labute approximate surface area is 164 Å². The number of ether oxygens (including phenoxy) is 1. The van der Waals surface area contributed by atoms with E-state index in [-0.39, 0.29) is 17.5 Å². The molecule has 0 N–H and O–H groups in total. The maximum atomic E-state index is 12.2. The van der Waals surface area contributed by atoms with Crippen LogP contribution in [0.5, 0.6) is 0 Å². The van der Waals surface area contributed by atoms with Gasteiger partial charge in [-0.15, -0.1) is 0 Å². The van der Waals surface area contributed by atoms with E-state index in [0.29, 0.717) is 11.3 Å². The summed E-state index contributed by atoms with van der Waals surface area (Å²) in [5.74, 6) is -0.683. The third kappa shape index (κ3) is 5.12. The number of anilines is 1. The van der Waals surface area contributed by atoms with Crippen LogP contribution in [0.1, 0.15) is 11.3 Å². The van der Waals surface area contributed by atoms with Crippen molar-refractivity contribution in [3.05, 3.63) is 47.7 Å². The van der Waals surface area contributed by atoms with E-state index in [2.05, 4.69) is 0 Å². The Bertz CT molecular complexity index is 1060. The zero-order valence-electron chi connectivity index (χ0n) is 15.9. The average Bonchev–Trinajstić information content (AvgIpc) is 3.07. The molecule has 2 rings (SSSR count). The first-order chi connectivity index (χ1) is 12.9. The van der Waals surface area contributed by atoms with Crippen molar-refractivity contribution in [1.29, 1.82) is 0 Å². The summed E-state index contributed by atoms with van der Waals surface area (Å²) in [5, 5.41) is -0.277. The minimum atomic E-state index is -3.74. The molecule has 0 atom stereocenters. The van der Waals surface area contributed by atoms with Crippen LogP contribution in [0.3, 0.4) is 0 Å². The third-order valence-electron chi connectivity index (χ3n) is 3.80. The molecule has 1 heterocycles. The van der Waals surface area contributed by atoms with E-state index in [1.165, 1.54) is 26.2 Å². The third-order valence-corrected chi connectivity index (χ3v) is 6.62. The highest BCUT2D eigenvalue weighted by molar-refractivity contribution is 7.92. The van der Waals surface area contributed by atoms with Crippen LogP contribution >= 0.6 is 0 Å². The summed E-state index contributed by atoms with van der Waals surface area (Å²) >= 11 is 0. The normalized spacial score (nSPS) is 12.2. The highest BCUT2D eigenvalue weighted by Gasteiger charge is 2.24. The van der Waals surface area contributed by atoms with Gasteiger partial charge in [0, 0.05) is 14.1 Å². The van der Waals surface area contributed by atoms with Gasteiger partial charge in [0.2, 0.25) is 15.1 Å². The molecule has 1 aromatic heterocycles. The summed E-state index contributed by atoms with van der Waals surface area (Å²) in [6.07, 6.45) is 0.998. The molecule has 0 amide bonds. The van der Waals surface area contributed by atoms with Crippen molar-refractivity contribution in [2.45, 2.75) is 18.6 Å². The minimum Gasteiger partial charge on any atom is -0.456 e. The van der Waals surface area contributed by atoms with Crippen molar-refractivity contribution in [2.24, 2.45) is 0 Å². The first-order valence-electron chi connectivity index (χ1n) is 8.13. The van der Waals surface area contributed by atoms with Gasteiger partial charge in [-0.05, 0) is 30.7 Å². The topological polar surface area (TPSA) is 114 Å². The minimum absolute atomic E-state index is 0.121. The molecule has 9 nitrogen and oxygen atoms in total. The fraction of sp³-hybridized carbons (Fsp3) is 0.353. The van der Waals surface area contributed by atoms with Gasteiger partial charge < -0.3 is 9.15 Å². The van der Waals surface area contributed by atoms with E-state index in [1.54, 1.807) is 31.2 Å². The largest absolute Gasteiger partial charge is 0.456 e. The summed E-state index contributed by atoms with van der Waals surface area (Å²) in [6, 6.07) is 9.38. The molecule has 0 fully saturated rings. The van der Waals surface area contributed by atoms with Crippen molar-refractivity contribution >= 4 is 31.7 Å². The van der Waals surface area contributed by atoms with Crippen LogP contribution < -0.4 is 4.31 Å². The number of carbonyl (C=O) groups excluding carboxylic acids is 1. The first-order valence-corrected chi connectivity index (χ1v) is 11.4. The van der Waals surface area contributed by atoms with Crippen molar-refractivity contribution < 1.29 is 30.8 Å². The summed E-state index contributed by atoms with van der Waals surface area (Å²) in [4.78, 5) is 12.2. The zero-order chi connectivity index (χ0) is 21.1. The van der Waals surface area contributed by atoms with Crippen LogP contribution in [-0.2, 0) is 36.2 Å². The molecular weight excluding hydrogens is 408 g/mol. The lowest BCUT2D eigenvalue weighted by molar-refractivity contribution is -0.143. The smallest absolute Gasteiger partial charge is 0.327 e. The Hall–Kier alpha value is -2.37. The van der Waals surface area contributed by atoms with Gasteiger partial charge in [-0.2, -0.15) is 0 Å². The van der Waals surface area contributed by atoms with Gasteiger partial charge in [0.25, 0.3) is 10.0 Å². The van der Waals surface area contributed by atoms with Gasteiger partial charge in [0.15, 0.2) is 0 Å². The average molecular weight is 431 g/mol. The summed E-state index contributed by atoms with van der Waals surface area (Å²) in [7, 11) is -4.73. The number of furan rings is 1. The molecule has 0 aliphatic heterocycles. The number of hydrogen-bond donors (Lipinski definition) is 0. The number of rotatable bonds is 8. The lowest BCUT2D eigenvalue weighted by atomic mass is 10.2. The lowest BCUT2D eigenvalue weighted by Crippen LogP contribution is -2.36. The highest BCUT2D eigenvalue weighted by atomic mass is 32.2. The Morgan fingerprint density at radius 1 is 1.07 bits per heavy atom. The molecule has 154 valence electrons. The van der Waals surface area contributed by atoms with Gasteiger partial charge in [-0.3, -0.25) is 9.10 Å². The molecule has 1 aromatic carbocycles. The Kier molecular flexibility index (Phi) is 6.52. The molecule has 0 saturated heterocycles. The van der Waals surface area contributed by atoms with Gasteiger partial charge >= 0.3 is 5.97 Å². The maximum Gasteiger partial charge on any atom is 0.327 e. The van der Waals surface area contributed by atoms with Gasteiger partial charge in [0.05, 0.1) is 11.9 Å². The monoisotopic (exact) mass is 430 g/mol. The molecule has 2 aromatic rings. The number of hydrogen-bond acceptors (Lipinski definition) is 7. The number of para-hydroxylation sites is 1. The van der Waals surface area contributed by atoms with Crippen LogP contribution in [0.15, 0.2) is 45.9 Å². The van der Waals surface area contributed by atoms with Gasteiger partial charge in [0.1, 0.15) is 18.9 Å². The Morgan fingerprint density at radius 3 is 2.29 bits per heavy atom. The van der Waals surface area contributed by atoms with Crippen molar-refractivity contribution in [1.82, 2.24) is 4.31 Å². The van der Waals surface area contributed by atoms with Crippen molar-refractivity contribution in [3.8, 4) is 0 Å². The second-order valence-corrected chi connectivity index (χ2v) is 10.2. The van der Waals surface area contributed by atoms with Gasteiger partial charge in [-0.1, -0.05) is 18.2 Å². The Morgan fingerprint density at radius 2 is 1.71 bits per heavy atom. The van der Waals surface area contributed by atoms with Crippen LogP contribution in [0.2, 0.25) is 0 Å². The molecule has 0 aliphatic carbocycles. The van der Waals surface area contributed by atoms with E-state index in [1.807, 2.05) is 0 Å². The van der Waals surface area contributed by atoms with Gasteiger partial charge in [-0.25, -0.2) is 21.1 Å². The SMILES string of the molecule is Cc1ccccc1N(CC(=O)OCc1ccc(S(=O)(=O)N(C)C)o1)S(C)(=O)=O. The number of benzene rings is 1. The molecule has 28 heavy (non-hydrogen) atoms. The Balaban J connectivity index is 2.09. The predicted octanol–water partition coefficient (Wildman–Crippen LogP) is 1.35. The van der Waals surface area contributed by atoms with E-state index in [0.717, 1.165) is 14.9 Å². The van der Waals surface area contributed by atoms with Crippen molar-refractivity contribution in [2.75, 3.05) is 31.2 Å². The second-order valence-electron chi connectivity index (χ2n) is 6.22. The van der Waals surface area contributed by atoms with Crippen LogP contribution in [0.4, 0.5) is 5.69 Å². The molecule has 0 bridgehead atoms. The molecule has 11 heteroatoms. The molecule has 0 saturated carbocycles. The van der Waals surface area contributed by atoms with E-state index in [9.17, 15) is 21.6 Å². The standard InChI is InChI=1S/C17H22N2O7S2/c1-13-7-5-6-8-15(13)19(27(4,21)22)11-16(20)25-12-14-9-10-17(26-14)28(23,24)18(2)3/h5-10H,11-12H2,1-4H3. The highest BCUT2D eigenvalue weighted by Crippen LogP contribution is 2.22.